The summed E-state index contributed by atoms with van der Waals surface area (Å²) in [4.78, 5) is 34.5. The number of piperazine rings is 1. The van der Waals surface area contributed by atoms with Crippen molar-refractivity contribution in [2.75, 3.05) is 39.9 Å². The Labute approximate surface area is 212 Å². The first-order valence-electron chi connectivity index (χ1n) is 11.7. The van der Waals surface area contributed by atoms with Crippen molar-refractivity contribution in [3.05, 3.63) is 76.2 Å². The quantitative estimate of drug-likeness (QED) is 0.382. The van der Waals surface area contributed by atoms with E-state index < -0.39 is 0 Å². The van der Waals surface area contributed by atoms with Crippen LogP contribution in [0.1, 0.15) is 11.3 Å². The summed E-state index contributed by atoms with van der Waals surface area (Å²) < 4.78 is 12.3. The molecule has 2 aromatic carbocycles. The first kappa shape index (κ1) is 24.0. The van der Waals surface area contributed by atoms with Gasteiger partial charge in [-0.1, -0.05) is 41.2 Å². The second-order valence-electron chi connectivity index (χ2n) is 8.68. The van der Waals surface area contributed by atoms with E-state index in [-0.39, 0.29) is 18.1 Å². The van der Waals surface area contributed by atoms with Gasteiger partial charge >= 0.3 is 0 Å². The summed E-state index contributed by atoms with van der Waals surface area (Å²) in [5, 5.41) is 5.16. The number of ether oxygens (including phenoxy) is 2. The molecule has 2 aromatic heterocycles. The molecule has 186 valence electrons. The number of hydrogen-bond acceptors (Lipinski definition) is 8. The van der Waals surface area contributed by atoms with Crippen LogP contribution in [0.15, 0.2) is 59.4 Å². The Balaban J connectivity index is 1.19. The Kier molecular flexibility index (Phi) is 6.97. The lowest BCUT2D eigenvalue weighted by Crippen LogP contribution is -2.49. The van der Waals surface area contributed by atoms with Gasteiger partial charge in [0, 0.05) is 44.4 Å². The molecule has 0 spiro atoms. The van der Waals surface area contributed by atoms with Gasteiger partial charge in [0.25, 0.3) is 11.5 Å². The van der Waals surface area contributed by atoms with Crippen LogP contribution < -0.4 is 15.0 Å². The number of aryl methyl sites for hydroxylation is 1. The standard InChI is InChI=1S/C26H27N5O4S/c1-18-6-8-21(9-7-18)35-17-24(33)30-12-10-29(11-13-30)16-20-15-23(32)31-26(27-20)36-25(28-31)19-4-3-5-22(14-19)34-2/h3-9,14-15H,10-13,16-17H2,1-2H3. The highest BCUT2D eigenvalue weighted by molar-refractivity contribution is 7.19. The number of benzene rings is 2. The van der Waals surface area contributed by atoms with Crippen LogP contribution in [0, 0.1) is 6.92 Å². The van der Waals surface area contributed by atoms with Gasteiger partial charge in [-0.15, -0.1) is 0 Å². The lowest BCUT2D eigenvalue weighted by molar-refractivity contribution is -0.135. The Morgan fingerprint density at radius 3 is 2.56 bits per heavy atom. The first-order valence-corrected chi connectivity index (χ1v) is 12.5. The molecule has 9 nitrogen and oxygen atoms in total. The molecule has 0 aliphatic carbocycles. The summed E-state index contributed by atoms with van der Waals surface area (Å²) in [6.45, 7) is 5.20. The van der Waals surface area contributed by atoms with Crippen molar-refractivity contribution in [1.29, 1.82) is 0 Å². The molecule has 0 N–H and O–H groups in total. The molecule has 5 rings (SSSR count). The zero-order chi connectivity index (χ0) is 25.1. The zero-order valence-electron chi connectivity index (χ0n) is 20.2. The van der Waals surface area contributed by atoms with Crippen molar-refractivity contribution in [2.24, 2.45) is 0 Å². The van der Waals surface area contributed by atoms with Crippen LogP contribution >= 0.6 is 11.3 Å². The molecule has 1 saturated heterocycles. The van der Waals surface area contributed by atoms with Crippen LogP contribution in [0.5, 0.6) is 11.5 Å². The first-order chi connectivity index (χ1) is 17.5. The van der Waals surface area contributed by atoms with Crippen LogP contribution in [-0.2, 0) is 11.3 Å². The molecular formula is C26H27N5O4S. The molecule has 1 aliphatic heterocycles. The zero-order valence-corrected chi connectivity index (χ0v) is 21.0. The lowest BCUT2D eigenvalue weighted by atomic mass is 10.2. The summed E-state index contributed by atoms with van der Waals surface area (Å²) in [7, 11) is 1.62. The number of fused-ring (bicyclic) bond motifs is 1. The molecule has 0 unspecified atom stereocenters. The molecule has 0 radical (unpaired) electrons. The highest BCUT2D eigenvalue weighted by Crippen LogP contribution is 2.27. The maximum absolute atomic E-state index is 12.7. The van der Waals surface area contributed by atoms with Gasteiger partial charge in [-0.05, 0) is 31.2 Å². The number of amides is 1. The molecule has 1 fully saturated rings. The Morgan fingerprint density at radius 1 is 1.03 bits per heavy atom. The van der Waals surface area contributed by atoms with Crippen molar-refractivity contribution < 1.29 is 14.3 Å². The summed E-state index contributed by atoms with van der Waals surface area (Å²) >= 11 is 1.37. The number of rotatable bonds is 7. The Bertz CT molecular complexity index is 1420. The molecule has 1 aliphatic rings. The molecule has 0 saturated carbocycles. The smallest absolute Gasteiger partial charge is 0.275 e. The Hall–Kier alpha value is -3.76. The van der Waals surface area contributed by atoms with E-state index >= 15 is 0 Å². The van der Waals surface area contributed by atoms with E-state index in [2.05, 4.69) is 15.0 Å². The van der Waals surface area contributed by atoms with E-state index in [1.807, 2.05) is 60.4 Å². The summed E-state index contributed by atoms with van der Waals surface area (Å²) in [5.74, 6) is 1.40. The minimum atomic E-state index is -0.206. The van der Waals surface area contributed by atoms with E-state index in [0.29, 0.717) is 54.1 Å². The highest BCUT2D eigenvalue weighted by Gasteiger charge is 2.22. The van der Waals surface area contributed by atoms with Crippen LogP contribution in [0.3, 0.4) is 0 Å². The van der Waals surface area contributed by atoms with Crippen molar-refractivity contribution in [3.8, 4) is 22.1 Å². The molecule has 0 bridgehead atoms. The van der Waals surface area contributed by atoms with E-state index in [1.54, 1.807) is 7.11 Å². The number of carbonyl (C=O) groups is 1. The molecule has 1 amide bonds. The van der Waals surface area contributed by atoms with Gasteiger partial charge in [-0.2, -0.15) is 9.61 Å². The second-order valence-corrected chi connectivity index (χ2v) is 9.63. The third-order valence-electron chi connectivity index (χ3n) is 6.11. The van der Waals surface area contributed by atoms with Gasteiger partial charge in [0.15, 0.2) is 6.61 Å². The molecule has 3 heterocycles. The average Bonchev–Trinajstić information content (AvgIpc) is 3.34. The molecule has 0 atom stereocenters. The van der Waals surface area contributed by atoms with Gasteiger partial charge in [0.1, 0.15) is 16.5 Å². The molecular weight excluding hydrogens is 478 g/mol. The van der Waals surface area contributed by atoms with Gasteiger partial charge in [-0.25, -0.2) is 4.98 Å². The number of hydrogen-bond donors (Lipinski definition) is 0. The van der Waals surface area contributed by atoms with Crippen molar-refractivity contribution >= 4 is 22.2 Å². The monoisotopic (exact) mass is 505 g/mol. The average molecular weight is 506 g/mol. The summed E-state index contributed by atoms with van der Waals surface area (Å²) in [6, 6.07) is 16.8. The number of carbonyl (C=O) groups excluding carboxylic acids is 1. The van der Waals surface area contributed by atoms with Gasteiger partial charge in [-0.3, -0.25) is 14.5 Å². The van der Waals surface area contributed by atoms with E-state index in [4.69, 9.17) is 9.47 Å². The maximum atomic E-state index is 12.7. The van der Waals surface area contributed by atoms with Crippen LogP contribution in [0.2, 0.25) is 0 Å². The fraction of sp³-hybridized carbons (Fsp3) is 0.308. The molecule has 36 heavy (non-hydrogen) atoms. The van der Waals surface area contributed by atoms with Crippen LogP contribution in [0.25, 0.3) is 15.5 Å². The number of nitrogens with zero attached hydrogens (tertiary/aromatic N) is 5. The SMILES string of the molecule is COc1cccc(-c2nn3c(=O)cc(CN4CCN(C(=O)COc5ccc(C)cc5)CC4)nc3s2)c1. The number of aromatic nitrogens is 3. The van der Waals surface area contributed by atoms with Gasteiger partial charge in [0.2, 0.25) is 4.96 Å². The van der Waals surface area contributed by atoms with E-state index in [1.165, 1.54) is 21.9 Å². The second kappa shape index (κ2) is 10.5. The Morgan fingerprint density at radius 2 is 1.81 bits per heavy atom. The maximum Gasteiger partial charge on any atom is 0.275 e. The van der Waals surface area contributed by atoms with Crippen LogP contribution in [-0.4, -0.2) is 70.2 Å². The van der Waals surface area contributed by atoms with Gasteiger partial charge in [0.05, 0.1) is 12.8 Å². The predicted molar refractivity (Wildman–Crippen MR) is 138 cm³/mol. The topological polar surface area (TPSA) is 89.3 Å². The fourth-order valence-electron chi connectivity index (χ4n) is 4.07. The van der Waals surface area contributed by atoms with E-state index in [0.717, 1.165) is 16.9 Å². The highest BCUT2D eigenvalue weighted by atomic mass is 32.1. The minimum Gasteiger partial charge on any atom is -0.497 e. The summed E-state index contributed by atoms with van der Waals surface area (Å²) in [5.41, 5.74) is 2.51. The lowest BCUT2D eigenvalue weighted by Gasteiger charge is -2.34. The molecule has 10 heteroatoms. The fourth-order valence-corrected chi connectivity index (χ4v) is 4.99. The van der Waals surface area contributed by atoms with Crippen molar-refractivity contribution in [1.82, 2.24) is 24.4 Å². The largest absolute Gasteiger partial charge is 0.497 e. The van der Waals surface area contributed by atoms with Crippen molar-refractivity contribution in [3.63, 3.8) is 0 Å². The van der Waals surface area contributed by atoms with E-state index in [9.17, 15) is 9.59 Å². The third kappa shape index (κ3) is 5.39. The number of methoxy groups -OCH3 is 1. The predicted octanol–water partition coefficient (Wildman–Crippen LogP) is 2.86. The van der Waals surface area contributed by atoms with Gasteiger partial charge < -0.3 is 14.4 Å². The normalized spacial score (nSPS) is 14.2. The third-order valence-corrected chi connectivity index (χ3v) is 7.07. The summed E-state index contributed by atoms with van der Waals surface area (Å²) in [6.07, 6.45) is 0. The molecule has 4 aromatic rings. The minimum absolute atomic E-state index is 0.0252. The van der Waals surface area contributed by atoms with Crippen molar-refractivity contribution in [2.45, 2.75) is 13.5 Å². The van der Waals surface area contributed by atoms with Crippen LogP contribution in [0.4, 0.5) is 0 Å².